The van der Waals surface area contributed by atoms with Gasteiger partial charge in [0, 0.05) is 10.8 Å². The third-order valence-corrected chi connectivity index (χ3v) is 4.51. The summed E-state index contributed by atoms with van der Waals surface area (Å²) >= 11 is 0. The summed E-state index contributed by atoms with van der Waals surface area (Å²) in [7, 11) is 2.83. The van der Waals surface area contributed by atoms with Gasteiger partial charge < -0.3 is 4.42 Å². The van der Waals surface area contributed by atoms with E-state index in [-0.39, 0.29) is 0 Å². The van der Waals surface area contributed by atoms with Gasteiger partial charge in [-0.15, -0.1) is 9.24 Å². The molecule has 3 atom stereocenters. The van der Waals surface area contributed by atoms with Gasteiger partial charge in [-0.05, 0) is 35.7 Å². The fraction of sp³-hybridized carbons (Fsp3) is 0.294. The lowest BCUT2D eigenvalue weighted by atomic mass is 10.1. The first kappa shape index (κ1) is 12.7. The molecule has 0 bridgehead atoms. The molecular weight excluding hydrogens is 251 g/mol. The SMILES string of the molecule is CC1=c2oc3c(c2=CC(C)C(P)=C1)C=CC(C)C=C3. The third-order valence-electron chi connectivity index (χ3n) is 3.81. The van der Waals surface area contributed by atoms with Crippen molar-refractivity contribution in [1.29, 1.82) is 0 Å². The maximum Gasteiger partial charge on any atom is 0.138 e. The minimum Gasteiger partial charge on any atom is -0.456 e. The highest BCUT2D eigenvalue weighted by molar-refractivity contribution is 7.22. The van der Waals surface area contributed by atoms with Crippen molar-refractivity contribution in [2.75, 3.05) is 0 Å². The van der Waals surface area contributed by atoms with Crippen LogP contribution in [0.15, 0.2) is 28.0 Å². The van der Waals surface area contributed by atoms with E-state index < -0.39 is 0 Å². The zero-order valence-corrected chi connectivity index (χ0v) is 12.8. The fourth-order valence-corrected chi connectivity index (χ4v) is 2.92. The second-order valence-corrected chi connectivity index (χ2v) is 6.15. The van der Waals surface area contributed by atoms with Crippen molar-refractivity contribution in [1.82, 2.24) is 0 Å². The average molecular weight is 270 g/mol. The molecule has 1 nitrogen and oxygen atoms in total. The highest BCUT2D eigenvalue weighted by Gasteiger charge is 2.15. The molecule has 0 aromatic carbocycles. The summed E-state index contributed by atoms with van der Waals surface area (Å²) in [4.78, 5) is 0. The van der Waals surface area contributed by atoms with E-state index >= 15 is 0 Å². The Hall–Kier alpha value is -1.33. The van der Waals surface area contributed by atoms with Crippen LogP contribution in [0.25, 0.3) is 23.8 Å². The first-order valence-electron chi connectivity index (χ1n) is 6.75. The van der Waals surface area contributed by atoms with Crippen LogP contribution in [0, 0.1) is 11.8 Å². The molecule has 0 saturated heterocycles. The molecule has 1 aromatic heterocycles. The van der Waals surface area contributed by atoms with Gasteiger partial charge in [-0.25, -0.2) is 0 Å². The van der Waals surface area contributed by atoms with Crippen molar-refractivity contribution in [2.24, 2.45) is 11.8 Å². The van der Waals surface area contributed by atoms with Crippen molar-refractivity contribution >= 4 is 33.0 Å². The van der Waals surface area contributed by atoms with Gasteiger partial charge in [0.1, 0.15) is 11.2 Å². The van der Waals surface area contributed by atoms with Gasteiger partial charge in [0.2, 0.25) is 0 Å². The molecule has 1 aromatic rings. The average Bonchev–Trinajstić information content (AvgIpc) is 2.54. The maximum atomic E-state index is 6.09. The summed E-state index contributed by atoms with van der Waals surface area (Å²) < 4.78 is 6.09. The molecule has 2 aliphatic rings. The number of fused-ring (bicyclic) bond motifs is 3. The highest BCUT2D eigenvalue weighted by Crippen LogP contribution is 2.24. The van der Waals surface area contributed by atoms with Crippen LogP contribution in [0.1, 0.15) is 32.1 Å². The Morgan fingerprint density at radius 1 is 1.16 bits per heavy atom. The zero-order valence-electron chi connectivity index (χ0n) is 11.6. The molecule has 0 aliphatic heterocycles. The minimum absolute atomic E-state index is 0.418. The van der Waals surface area contributed by atoms with Gasteiger partial charge in [-0.1, -0.05) is 44.2 Å². The van der Waals surface area contributed by atoms with Gasteiger partial charge in [0.15, 0.2) is 0 Å². The van der Waals surface area contributed by atoms with Gasteiger partial charge in [0.05, 0.1) is 0 Å². The second-order valence-electron chi connectivity index (χ2n) is 5.48. The highest BCUT2D eigenvalue weighted by atomic mass is 31.0. The first-order chi connectivity index (χ1) is 9.06. The monoisotopic (exact) mass is 270 g/mol. The Morgan fingerprint density at radius 2 is 1.89 bits per heavy atom. The molecule has 3 unspecified atom stereocenters. The lowest BCUT2D eigenvalue weighted by Crippen LogP contribution is -2.23. The summed E-state index contributed by atoms with van der Waals surface area (Å²) in [6.45, 7) is 6.52. The Labute approximate surface area is 116 Å². The van der Waals surface area contributed by atoms with E-state index in [1.807, 2.05) is 0 Å². The van der Waals surface area contributed by atoms with Crippen LogP contribution in [-0.2, 0) is 0 Å². The van der Waals surface area contributed by atoms with Crippen molar-refractivity contribution < 1.29 is 4.42 Å². The molecule has 0 fully saturated rings. The van der Waals surface area contributed by atoms with Gasteiger partial charge in [-0.2, -0.15) is 0 Å². The summed E-state index contributed by atoms with van der Waals surface area (Å²) in [6, 6.07) is 0. The van der Waals surface area contributed by atoms with Crippen LogP contribution in [0.2, 0.25) is 0 Å². The standard InChI is InChI=1S/C17H19OP/c1-10-4-6-13-14-8-11(2)16(19)9-12(3)17(14)18-15(13)7-5-10/h4-11H,19H2,1-3H3. The molecule has 1 heterocycles. The lowest BCUT2D eigenvalue weighted by Gasteiger charge is -2.04. The third kappa shape index (κ3) is 2.17. The fourth-order valence-electron chi connectivity index (χ4n) is 2.57. The zero-order chi connectivity index (χ0) is 13.6. The Morgan fingerprint density at radius 3 is 2.68 bits per heavy atom. The van der Waals surface area contributed by atoms with E-state index in [1.54, 1.807) is 0 Å². The summed E-state index contributed by atoms with van der Waals surface area (Å²) in [5.74, 6) is 1.86. The summed E-state index contributed by atoms with van der Waals surface area (Å²) in [5.41, 5.74) is 3.43. The molecule has 2 heteroatoms. The lowest BCUT2D eigenvalue weighted by molar-refractivity contribution is 0.519. The van der Waals surface area contributed by atoms with Crippen molar-refractivity contribution in [3.63, 3.8) is 0 Å². The van der Waals surface area contributed by atoms with E-state index in [9.17, 15) is 0 Å². The Bertz CT molecular complexity index is 728. The second kappa shape index (κ2) is 4.65. The smallest absolute Gasteiger partial charge is 0.138 e. The van der Waals surface area contributed by atoms with Crippen LogP contribution in [0.4, 0.5) is 0 Å². The number of furan rings is 1. The van der Waals surface area contributed by atoms with Crippen molar-refractivity contribution in [3.05, 3.63) is 45.5 Å². The summed E-state index contributed by atoms with van der Waals surface area (Å²) in [6.07, 6.45) is 13.2. The van der Waals surface area contributed by atoms with E-state index in [4.69, 9.17) is 4.42 Å². The molecule has 98 valence electrons. The van der Waals surface area contributed by atoms with Gasteiger partial charge in [0.25, 0.3) is 0 Å². The van der Waals surface area contributed by atoms with E-state index in [2.05, 4.69) is 66.5 Å². The number of hydrogen-bond acceptors (Lipinski definition) is 1. The minimum atomic E-state index is 0.418. The molecule has 0 N–H and O–H groups in total. The van der Waals surface area contributed by atoms with Gasteiger partial charge >= 0.3 is 0 Å². The molecule has 19 heavy (non-hydrogen) atoms. The first-order valence-corrected chi connectivity index (χ1v) is 7.33. The van der Waals surface area contributed by atoms with E-state index in [1.165, 1.54) is 21.7 Å². The van der Waals surface area contributed by atoms with Crippen LogP contribution in [0.3, 0.4) is 0 Å². The van der Waals surface area contributed by atoms with Crippen LogP contribution in [0.5, 0.6) is 0 Å². The van der Waals surface area contributed by atoms with Crippen molar-refractivity contribution in [3.8, 4) is 0 Å². The normalized spacial score (nSPS) is 25.1. The Balaban J connectivity index is 2.36. The predicted octanol–water partition coefficient (Wildman–Crippen LogP) is 3.32. The Kier molecular flexibility index (Phi) is 3.11. The van der Waals surface area contributed by atoms with E-state index in [0.29, 0.717) is 11.8 Å². The largest absolute Gasteiger partial charge is 0.456 e. The molecule has 0 amide bonds. The van der Waals surface area contributed by atoms with Gasteiger partial charge in [-0.3, -0.25) is 0 Å². The molecule has 3 rings (SSSR count). The summed E-state index contributed by atoms with van der Waals surface area (Å²) in [5, 5.41) is 2.54. The van der Waals surface area contributed by atoms with E-state index in [0.717, 1.165) is 11.2 Å². The maximum absolute atomic E-state index is 6.09. The quantitative estimate of drug-likeness (QED) is 0.659. The molecule has 2 aliphatic carbocycles. The number of rotatable bonds is 0. The molecule has 0 saturated carbocycles. The topological polar surface area (TPSA) is 13.1 Å². The van der Waals surface area contributed by atoms with Crippen LogP contribution in [-0.4, -0.2) is 0 Å². The molecule has 0 radical (unpaired) electrons. The molecule has 0 spiro atoms. The van der Waals surface area contributed by atoms with Crippen LogP contribution >= 0.6 is 9.24 Å². The number of hydrogen-bond donors (Lipinski definition) is 0. The molecular formula is C17H19OP. The van der Waals surface area contributed by atoms with Crippen LogP contribution < -0.4 is 10.6 Å². The predicted molar refractivity (Wildman–Crippen MR) is 85.7 cm³/mol. The van der Waals surface area contributed by atoms with Crippen molar-refractivity contribution in [2.45, 2.75) is 20.8 Å². The number of allylic oxidation sites excluding steroid dienone is 4.